The van der Waals surface area contributed by atoms with E-state index in [1.54, 1.807) is 0 Å². The summed E-state index contributed by atoms with van der Waals surface area (Å²) in [5, 5.41) is 15.0. The average molecular weight is 226 g/mol. The van der Waals surface area contributed by atoms with Crippen LogP contribution >= 0.6 is 0 Å². The van der Waals surface area contributed by atoms with E-state index in [0.717, 1.165) is 17.9 Å². The second-order valence-electron chi connectivity index (χ2n) is 4.41. The summed E-state index contributed by atoms with van der Waals surface area (Å²) < 4.78 is 5.07. The lowest BCUT2D eigenvalue weighted by Crippen LogP contribution is -2.36. The van der Waals surface area contributed by atoms with Crippen LogP contribution in [0.1, 0.15) is 31.7 Å². The van der Waals surface area contributed by atoms with Gasteiger partial charge in [-0.2, -0.15) is 0 Å². The zero-order valence-corrected chi connectivity index (χ0v) is 9.86. The van der Waals surface area contributed by atoms with Crippen LogP contribution in [0.2, 0.25) is 0 Å². The van der Waals surface area contributed by atoms with Crippen LogP contribution < -0.4 is 5.32 Å². The predicted octanol–water partition coefficient (Wildman–Crippen LogP) is 2.21. The van der Waals surface area contributed by atoms with E-state index < -0.39 is 6.09 Å². The summed E-state index contributed by atoms with van der Waals surface area (Å²) in [6.45, 7) is 5.96. The Morgan fingerprint density at radius 1 is 1.62 bits per heavy atom. The van der Waals surface area contributed by atoms with E-state index in [0.29, 0.717) is 12.3 Å². The highest BCUT2D eigenvalue weighted by Crippen LogP contribution is 2.12. The zero-order chi connectivity index (χ0) is 12.1. The molecule has 0 radical (unpaired) electrons. The fourth-order valence-electron chi connectivity index (χ4n) is 1.69. The van der Waals surface area contributed by atoms with Gasteiger partial charge in [-0.05, 0) is 19.3 Å². The normalized spacial score (nSPS) is 12.8. The standard InChI is InChI=1S/C11H18N2O3/c1-7(2)4-9(12-11(14)15)6-10-5-8(3)13-16-10/h5,7,9,12H,4,6H2,1-3H3,(H,14,15)/t9-/m0/s1. The molecule has 0 aliphatic heterocycles. The van der Waals surface area contributed by atoms with Gasteiger partial charge in [0.1, 0.15) is 5.76 Å². The number of hydrogen-bond acceptors (Lipinski definition) is 3. The third kappa shape index (κ3) is 4.33. The highest BCUT2D eigenvalue weighted by Gasteiger charge is 2.16. The molecule has 1 aromatic heterocycles. The molecule has 16 heavy (non-hydrogen) atoms. The van der Waals surface area contributed by atoms with Gasteiger partial charge in [-0.3, -0.25) is 0 Å². The Bertz CT molecular complexity index is 347. The summed E-state index contributed by atoms with van der Waals surface area (Å²) in [6.07, 6.45) is 0.332. The monoisotopic (exact) mass is 226 g/mol. The van der Waals surface area contributed by atoms with Crippen molar-refractivity contribution in [1.82, 2.24) is 10.5 Å². The van der Waals surface area contributed by atoms with E-state index in [2.05, 4.69) is 24.3 Å². The minimum Gasteiger partial charge on any atom is -0.465 e. The molecule has 5 heteroatoms. The maximum absolute atomic E-state index is 10.6. The molecule has 1 amide bonds. The topological polar surface area (TPSA) is 75.4 Å². The van der Waals surface area contributed by atoms with Crippen LogP contribution in [-0.4, -0.2) is 22.4 Å². The van der Waals surface area contributed by atoms with Crippen LogP contribution in [0, 0.1) is 12.8 Å². The maximum atomic E-state index is 10.6. The number of amides is 1. The van der Waals surface area contributed by atoms with Crippen LogP contribution in [0.3, 0.4) is 0 Å². The molecule has 90 valence electrons. The first kappa shape index (κ1) is 12.5. The fraction of sp³-hybridized carbons (Fsp3) is 0.636. The van der Waals surface area contributed by atoms with E-state index in [9.17, 15) is 4.79 Å². The summed E-state index contributed by atoms with van der Waals surface area (Å²) >= 11 is 0. The quantitative estimate of drug-likeness (QED) is 0.807. The summed E-state index contributed by atoms with van der Waals surface area (Å²) in [4.78, 5) is 10.6. The molecular weight excluding hydrogens is 208 g/mol. The van der Waals surface area contributed by atoms with Crippen molar-refractivity contribution >= 4 is 6.09 Å². The highest BCUT2D eigenvalue weighted by atomic mass is 16.5. The first-order chi connectivity index (χ1) is 7.47. The van der Waals surface area contributed by atoms with Crippen molar-refractivity contribution in [2.45, 2.75) is 39.7 Å². The van der Waals surface area contributed by atoms with Gasteiger partial charge in [0.15, 0.2) is 0 Å². The lowest BCUT2D eigenvalue weighted by Gasteiger charge is -2.17. The summed E-state index contributed by atoms with van der Waals surface area (Å²) in [7, 11) is 0. The van der Waals surface area contributed by atoms with Crippen molar-refractivity contribution in [2.75, 3.05) is 0 Å². The number of rotatable bonds is 5. The Labute approximate surface area is 94.8 Å². The summed E-state index contributed by atoms with van der Waals surface area (Å²) in [5.41, 5.74) is 0.814. The van der Waals surface area contributed by atoms with Crippen LogP contribution in [0.5, 0.6) is 0 Å². The minimum atomic E-state index is -0.998. The smallest absolute Gasteiger partial charge is 0.404 e. The van der Waals surface area contributed by atoms with Gasteiger partial charge in [0.25, 0.3) is 0 Å². The fourth-order valence-corrected chi connectivity index (χ4v) is 1.69. The maximum Gasteiger partial charge on any atom is 0.404 e. The van der Waals surface area contributed by atoms with Gasteiger partial charge in [0.05, 0.1) is 5.69 Å². The Balaban J connectivity index is 2.58. The third-order valence-corrected chi connectivity index (χ3v) is 2.21. The Hall–Kier alpha value is -1.52. The van der Waals surface area contributed by atoms with Gasteiger partial charge < -0.3 is 14.9 Å². The van der Waals surface area contributed by atoms with Gasteiger partial charge >= 0.3 is 6.09 Å². The van der Waals surface area contributed by atoms with E-state index in [4.69, 9.17) is 9.63 Å². The first-order valence-electron chi connectivity index (χ1n) is 5.39. The molecule has 1 rings (SSSR count). The summed E-state index contributed by atoms with van der Waals surface area (Å²) in [6, 6.07) is 1.71. The number of nitrogens with zero attached hydrogens (tertiary/aromatic N) is 1. The van der Waals surface area contributed by atoms with Crippen molar-refractivity contribution in [2.24, 2.45) is 5.92 Å². The molecule has 0 bridgehead atoms. The van der Waals surface area contributed by atoms with Crippen molar-refractivity contribution in [3.8, 4) is 0 Å². The first-order valence-corrected chi connectivity index (χ1v) is 5.39. The minimum absolute atomic E-state index is 0.121. The van der Waals surface area contributed by atoms with Crippen molar-refractivity contribution in [3.05, 3.63) is 17.5 Å². The molecule has 0 aliphatic rings. The highest BCUT2D eigenvalue weighted by molar-refractivity contribution is 5.64. The van der Waals surface area contributed by atoms with Gasteiger partial charge in [-0.25, -0.2) is 4.79 Å². The van der Waals surface area contributed by atoms with Crippen LogP contribution in [-0.2, 0) is 6.42 Å². The van der Waals surface area contributed by atoms with Crippen molar-refractivity contribution < 1.29 is 14.4 Å². The molecule has 2 N–H and O–H groups in total. The zero-order valence-electron chi connectivity index (χ0n) is 9.86. The Kier molecular flexibility index (Phi) is 4.34. The number of aromatic nitrogens is 1. The Morgan fingerprint density at radius 2 is 2.31 bits per heavy atom. The molecule has 1 heterocycles. The van der Waals surface area contributed by atoms with E-state index >= 15 is 0 Å². The van der Waals surface area contributed by atoms with Crippen molar-refractivity contribution in [1.29, 1.82) is 0 Å². The van der Waals surface area contributed by atoms with E-state index in [1.807, 2.05) is 13.0 Å². The molecule has 1 atom stereocenters. The number of hydrogen-bond donors (Lipinski definition) is 2. The average Bonchev–Trinajstić information content (AvgIpc) is 2.48. The van der Waals surface area contributed by atoms with Gasteiger partial charge in [-0.1, -0.05) is 19.0 Å². The second kappa shape index (κ2) is 5.53. The SMILES string of the molecule is Cc1cc(C[C@H](CC(C)C)NC(=O)O)on1. The lowest BCUT2D eigenvalue weighted by molar-refractivity contribution is 0.187. The molecule has 0 fully saturated rings. The van der Waals surface area contributed by atoms with E-state index in [1.165, 1.54) is 0 Å². The summed E-state index contributed by atoms with van der Waals surface area (Å²) in [5.74, 6) is 1.15. The number of nitrogens with one attached hydrogen (secondary N) is 1. The molecule has 0 spiro atoms. The van der Waals surface area contributed by atoms with Crippen LogP contribution in [0.15, 0.2) is 10.6 Å². The molecule has 0 unspecified atom stereocenters. The number of carboxylic acid groups (broad SMARTS) is 1. The molecule has 0 saturated carbocycles. The largest absolute Gasteiger partial charge is 0.465 e. The van der Waals surface area contributed by atoms with Gasteiger partial charge in [0, 0.05) is 18.5 Å². The lowest BCUT2D eigenvalue weighted by atomic mass is 10.0. The molecule has 0 saturated heterocycles. The predicted molar refractivity (Wildman–Crippen MR) is 59.3 cm³/mol. The molecule has 1 aromatic rings. The van der Waals surface area contributed by atoms with E-state index in [-0.39, 0.29) is 6.04 Å². The van der Waals surface area contributed by atoms with Crippen LogP contribution in [0.4, 0.5) is 4.79 Å². The molecule has 5 nitrogen and oxygen atoms in total. The second-order valence-corrected chi connectivity index (χ2v) is 4.41. The van der Waals surface area contributed by atoms with Crippen molar-refractivity contribution in [3.63, 3.8) is 0 Å². The van der Waals surface area contributed by atoms with Gasteiger partial charge in [0.2, 0.25) is 0 Å². The van der Waals surface area contributed by atoms with Crippen LogP contribution in [0.25, 0.3) is 0 Å². The Morgan fingerprint density at radius 3 is 2.75 bits per heavy atom. The number of aryl methyl sites for hydroxylation is 1. The molecule has 0 aromatic carbocycles. The molecular formula is C11H18N2O3. The number of carbonyl (C=O) groups is 1. The third-order valence-electron chi connectivity index (χ3n) is 2.21. The van der Waals surface area contributed by atoms with Gasteiger partial charge in [-0.15, -0.1) is 0 Å². The molecule has 0 aliphatic carbocycles.